The highest BCUT2D eigenvalue weighted by Gasteiger charge is 2.21. The lowest BCUT2D eigenvalue weighted by atomic mass is 9.90. The van der Waals surface area contributed by atoms with Crippen molar-refractivity contribution in [3.05, 3.63) is 34.2 Å². The zero-order valence-electron chi connectivity index (χ0n) is 9.67. The molecule has 0 atom stereocenters. The summed E-state index contributed by atoms with van der Waals surface area (Å²) in [5, 5.41) is 0. The predicted octanol–water partition coefficient (Wildman–Crippen LogP) is 2.08. The molecule has 0 saturated heterocycles. The van der Waals surface area contributed by atoms with Crippen molar-refractivity contribution >= 4 is 0 Å². The van der Waals surface area contributed by atoms with Gasteiger partial charge in [0, 0.05) is 23.8 Å². The first-order valence-corrected chi connectivity index (χ1v) is 5.34. The third-order valence-electron chi connectivity index (χ3n) is 2.31. The first-order valence-electron chi connectivity index (χ1n) is 5.34. The van der Waals surface area contributed by atoms with E-state index in [4.69, 9.17) is 4.74 Å². The maximum absolute atomic E-state index is 11.2. The lowest BCUT2D eigenvalue weighted by Gasteiger charge is -2.24. The molecule has 1 heterocycles. The van der Waals surface area contributed by atoms with E-state index in [-0.39, 0.29) is 11.0 Å². The van der Waals surface area contributed by atoms with E-state index in [9.17, 15) is 4.79 Å². The summed E-state index contributed by atoms with van der Waals surface area (Å²) < 4.78 is 5.52. The fourth-order valence-electron chi connectivity index (χ4n) is 1.39. The first-order chi connectivity index (χ1) is 7.06. The minimum Gasteiger partial charge on any atom is -0.381 e. The van der Waals surface area contributed by atoms with Crippen LogP contribution in [0.2, 0.25) is 0 Å². The average Bonchev–Trinajstić information content (AvgIpc) is 2.18. The summed E-state index contributed by atoms with van der Waals surface area (Å²) in [4.78, 5) is 14.0. The normalized spacial score (nSPS) is 11.7. The Morgan fingerprint density at radius 2 is 2.13 bits per heavy atom. The van der Waals surface area contributed by atoms with E-state index in [0.29, 0.717) is 6.61 Å². The van der Waals surface area contributed by atoms with Gasteiger partial charge < -0.3 is 9.72 Å². The van der Waals surface area contributed by atoms with Crippen LogP contribution >= 0.6 is 0 Å². The van der Waals surface area contributed by atoms with Crippen LogP contribution in [0.25, 0.3) is 0 Å². The van der Waals surface area contributed by atoms with Gasteiger partial charge in [0.2, 0.25) is 5.56 Å². The number of H-pyrrole nitrogens is 1. The van der Waals surface area contributed by atoms with Gasteiger partial charge in [0.15, 0.2) is 0 Å². The molecule has 0 fully saturated rings. The van der Waals surface area contributed by atoms with Crippen molar-refractivity contribution in [1.82, 2.24) is 4.98 Å². The van der Waals surface area contributed by atoms with Crippen molar-refractivity contribution in [3.8, 4) is 0 Å². The topological polar surface area (TPSA) is 42.1 Å². The molecule has 1 rings (SSSR count). The Morgan fingerprint density at radius 3 is 2.73 bits per heavy atom. The Balaban J connectivity index is 2.72. The van der Waals surface area contributed by atoms with Gasteiger partial charge in [-0.15, -0.1) is 0 Å². The summed E-state index contributed by atoms with van der Waals surface area (Å²) in [5.41, 5.74) is 0.720. The summed E-state index contributed by atoms with van der Waals surface area (Å²) in [6.07, 6.45) is 1.02. The van der Waals surface area contributed by atoms with Gasteiger partial charge in [0.1, 0.15) is 0 Å². The smallest absolute Gasteiger partial charge is 0.248 e. The van der Waals surface area contributed by atoms with Crippen LogP contribution in [0.15, 0.2) is 23.0 Å². The van der Waals surface area contributed by atoms with Crippen LogP contribution in [0.1, 0.15) is 32.9 Å². The van der Waals surface area contributed by atoms with E-state index < -0.39 is 0 Å². The average molecular weight is 209 g/mol. The second-order valence-electron chi connectivity index (χ2n) is 4.37. The van der Waals surface area contributed by atoms with Crippen molar-refractivity contribution in [2.75, 3.05) is 13.2 Å². The molecule has 0 aliphatic heterocycles. The zero-order valence-corrected chi connectivity index (χ0v) is 9.67. The lowest BCUT2D eigenvalue weighted by molar-refractivity contribution is 0.0937. The molecular weight excluding hydrogens is 190 g/mol. The molecule has 0 aromatic carbocycles. The van der Waals surface area contributed by atoms with Gasteiger partial charge in [-0.25, -0.2) is 0 Å². The van der Waals surface area contributed by atoms with Gasteiger partial charge in [-0.05, 0) is 12.5 Å². The largest absolute Gasteiger partial charge is 0.381 e. The van der Waals surface area contributed by atoms with Crippen LogP contribution in [0.5, 0.6) is 0 Å². The highest BCUT2D eigenvalue weighted by Crippen LogP contribution is 2.20. The fourth-order valence-corrected chi connectivity index (χ4v) is 1.39. The first kappa shape index (κ1) is 12.0. The third kappa shape index (κ3) is 3.51. The van der Waals surface area contributed by atoms with Crippen molar-refractivity contribution in [2.45, 2.75) is 32.6 Å². The van der Waals surface area contributed by atoms with Gasteiger partial charge in [-0.2, -0.15) is 0 Å². The molecule has 3 nitrogen and oxygen atoms in total. The van der Waals surface area contributed by atoms with Crippen LogP contribution in [0.3, 0.4) is 0 Å². The molecule has 0 radical (unpaired) electrons. The minimum atomic E-state index is -0.143. The molecule has 0 unspecified atom stereocenters. The molecule has 0 spiro atoms. The maximum atomic E-state index is 11.2. The summed E-state index contributed by atoms with van der Waals surface area (Å²) in [7, 11) is 0. The molecule has 0 amide bonds. The van der Waals surface area contributed by atoms with Crippen LogP contribution in [0.4, 0.5) is 0 Å². The summed E-state index contributed by atoms with van der Waals surface area (Å²) in [6, 6.07) is 5.22. The fraction of sp³-hybridized carbons (Fsp3) is 0.583. The number of rotatable bonds is 5. The number of aromatic amines is 1. The number of pyridine rings is 1. The molecule has 1 aromatic rings. The zero-order chi connectivity index (χ0) is 11.3. The monoisotopic (exact) mass is 209 g/mol. The van der Waals surface area contributed by atoms with Crippen LogP contribution in [0, 0.1) is 0 Å². The summed E-state index contributed by atoms with van der Waals surface area (Å²) in [5.74, 6) is 0. The number of ether oxygens (including phenoxy) is 1. The van der Waals surface area contributed by atoms with Crippen LogP contribution < -0.4 is 5.56 Å². The molecule has 0 saturated carbocycles. The van der Waals surface area contributed by atoms with E-state index in [0.717, 1.165) is 18.7 Å². The molecule has 1 aromatic heterocycles. The van der Waals surface area contributed by atoms with Gasteiger partial charge in [0.25, 0.3) is 0 Å². The number of hydrogen-bond donors (Lipinski definition) is 1. The Labute approximate surface area is 90.5 Å². The standard InChI is InChI=1S/C12H19NO2/c1-4-8-15-9-12(2,3)10-6-5-7-11(14)13-10/h5-7H,4,8-9H2,1-3H3,(H,13,14). The minimum absolute atomic E-state index is 0.0592. The summed E-state index contributed by atoms with van der Waals surface area (Å²) in [6.45, 7) is 7.60. The van der Waals surface area contributed by atoms with E-state index in [1.54, 1.807) is 6.07 Å². The summed E-state index contributed by atoms with van der Waals surface area (Å²) >= 11 is 0. The molecule has 3 heteroatoms. The van der Waals surface area contributed by atoms with E-state index in [1.807, 2.05) is 6.07 Å². The van der Waals surface area contributed by atoms with Crippen molar-refractivity contribution in [1.29, 1.82) is 0 Å². The van der Waals surface area contributed by atoms with Gasteiger partial charge in [-0.3, -0.25) is 4.79 Å². The van der Waals surface area contributed by atoms with E-state index in [1.165, 1.54) is 6.07 Å². The van der Waals surface area contributed by atoms with Gasteiger partial charge in [0.05, 0.1) is 6.61 Å². The van der Waals surface area contributed by atoms with E-state index in [2.05, 4.69) is 25.8 Å². The molecule has 15 heavy (non-hydrogen) atoms. The van der Waals surface area contributed by atoms with Gasteiger partial charge in [-0.1, -0.05) is 26.8 Å². The Bertz CT molecular complexity index is 355. The maximum Gasteiger partial charge on any atom is 0.248 e. The van der Waals surface area contributed by atoms with Crippen molar-refractivity contribution in [3.63, 3.8) is 0 Å². The molecule has 0 aliphatic rings. The van der Waals surface area contributed by atoms with Crippen LogP contribution in [-0.4, -0.2) is 18.2 Å². The third-order valence-corrected chi connectivity index (χ3v) is 2.31. The van der Waals surface area contributed by atoms with Crippen molar-refractivity contribution in [2.24, 2.45) is 0 Å². The van der Waals surface area contributed by atoms with Gasteiger partial charge >= 0.3 is 0 Å². The SMILES string of the molecule is CCCOCC(C)(C)c1cccc(=O)[nH]1. The predicted molar refractivity (Wildman–Crippen MR) is 61.2 cm³/mol. The molecule has 1 N–H and O–H groups in total. The number of nitrogens with one attached hydrogen (secondary N) is 1. The Hall–Kier alpha value is -1.09. The second-order valence-corrected chi connectivity index (χ2v) is 4.37. The highest BCUT2D eigenvalue weighted by atomic mass is 16.5. The molecule has 0 bridgehead atoms. The second kappa shape index (κ2) is 5.12. The molecular formula is C12H19NO2. The van der Waals surface area contributed by atoms with Crippen LogP contribution in [-0.2, 0) is 10.2 Å². The Morgan fingerprint density at radius 1 is 1.40 bits per heavy atom. The highest BCUT2D eigenvalue weighted by molar-refractivity contribution is 5.14. The van der Waals surface area contributed by atoms with E-state index >= 15 is 0 Å². The quantitative estimate of drug-likeness (QED) is 0.754. The number of hydrogen-bond acceptors (Lipinski definition) is 2. The lowest BCUT2D eigenvalue weighted by Crippen LogP contribution is -2.28. The molecule has 0 aliphatic carbocycles. The van der Waals surface area contributed by atoms with Crippen molar-refractivity contribution < 1.29 is 4.74 Å². The number of aromatic nitrogens is 1. The Kier molecular flexibility index (Phi) is 4.09. The molecule has 84 valence electrons.